The lowest BCUT2D eigenvalue weighted by Gasteiger charge is -2.18. The zero-order chi connectivity index (χ0) is 12.0. The van der Waals surface area contributed by atoms with Crippen LogP contribution in [0.15, 0.2) is 35.9 Å². The van der Waals surface area contributed by atoms with E-state index in [1.54, 1.807) is 13.0 Å². The Bertz CT molecular complexity index is 562. The molecule has 2 aliphatic heterocycles. The van der Waals surface area contributed by atoms with E-state index < -0.39 is 11.6 Å². The molecule has 1 aromatic carbocycles. The molecular formula is C13H11NO3. The molecule has 17 heavy (non-hydrogen) atoms. The van der Waals surface area contributed by atoms with Crippen LogP contribution in [0.3, 0.4) is 0 Å². The molecule has 2 heterocycles. The number of hydrogen-bond donors (Lipinski definition) is 1. The highest BCUT2D eigenvalue weighted by atomic mass is 16.6. The molecule has 1 amide bonds. The summed E-state index contributed by atoms with van der Waals surface area (Å²) in [5.74, 6) is -0.664. The molecule has 1 fully saturated rings. The van der Waals surface area contributed by atoms with Crippen LogP contribution in [0.5, 0.6) is 0 Å². The summed E-state index contributed by atoms with van der Waals surface area (Å²) in [7, 11) is 0. The van der Waals surface area contributed by atoms with Gasteiger partial charge in [-0.1, -0.05) is 24.3 Å². The van der Waals surface area contributed by atoms with Crippen molar-refractivity contribution in [3.63, 3.8) is 0 Å². The second-order valence-corrected chi connectivity index (χ2v) is 4.21. The van der Waals surface area contributed by atoms with Crippen LogP contribution < -0.4 is 5.32 Å². The number of benzene rings is 1. The summed E-state index contributed by atoms with van der Waals surface area (Å²) in [5, 5.41) is 2.75. The second-order valence-electron chi connectivity index (χ2n) is 4.21. The van der Waals surface area contributed by atoms with Crippen LogP contribution in [0, 0.1) is 0 Å². The van der Waals surface area contributed by atoms with Gasteiger partial charge in [-0.25, -0.2) is 4.79 Å². The Morgan fingerprint density at radius 3 is 2.82 bits per heavy atom. The van der Waals surface area contributed by atoms with Crippen LogP contribution in [0.4, 0.5) is 5.69 Å². The largest absolute Gasteiger partial charge is 0.440 e. The van der Waals surface area contributed by atoms with Gasteiger partial charge in [0.1, 0.15) is 0 Å². The van der Waals surface area contributed by atoms with Crippen LogP contribution in [0.2, 0.25) is 0 Å². The third kappa shape index (κ3) is 1.18. The first-order valence-electron chi connectivity index (χ1n) is 5.47. The van der Waals surface area contributed by atoms with E-state index >= 15 is 0 Å². The molecule has 86 valence electrons. The molecule has 1 N–H and O–H groups in total. The molecule has 0 aliphatic carbocycles. The highest BCUT2D eigenvalue weighted by Gasteiger charge is 2.55. The van der Waals surface area contributed by atoms with Gasteiger partial charge in [0.2, 0.25) is 5.60 Å². The first kappa shape index (κ1) is 10.1. The maximum Gasteiger partial charge on any atom is 0.335 e. The summed E-state index contributed by atoms with van der Waals surface area (Å²) in [4.78, 5) is 23.7. The highest BCUT2D eigenvalue weighted by Crippen LogP contribution is 2.47. The quantitative estimate of drug-likeness (QED) is 0.544. The number of para-hydroxylation sites is 1. The molecular weight excluding hydrogens is 218 g/mol. The van der Waals surface area contributed by atoms with E-state index in [9.17, 15) is 9.59 Å². The van der Waals surface area contributed by atoms with Crippen molar-refractivity contribution in [3.8, 4) is 0 Å². The first-order chi connectivity index (χ1) is 8.17. The molecule has 0 bridgehead atoms. The van der Waals surface area contributed by atoms with E-state index in [1.807, 2.05) is 24.3 Å². The van der Waals surface area contributed by atoms with Crippen LogP contribution in [-0.2, 0) is 19.9 Å². The summed E-state index contributed by atoms with van der Waals surface area (Å²) in [6, 6.07) is 7.30. The number of hydrogen-bond acceptors (Lipinski definition) is 3. The minimum Gasteiger partial charge on any atom is -0.440 e. The van der Waals surface area contributed by atoms with Gasteiger partial charge in [-0.2, -0.15) is 0 Å². The molecule has 4 heteroatoms. The van der Waals surface area contributed by atoms with Gasteiger partial charge in [-0.15, -0.1) is 0 Å². The van der Waals surface area contributed by atoms with Crippen molar-refractivity contribution in [2.75, 3.05) is 5.32 Å². The molecule has 1 atom stereocenters. The molecule has 0 radical (unpaired) electrons. The van der Waals surface area contributed by atoms with Crippen LogP contribution in [0.1, 0.15) is 18.9 Å². The van der Waals surface area contributed by atoms with Gasteiger partial charge in [-0.3, -0.25) is 4.79 Å². The summed E-state index contributed by atoms with van der Waals surface area (Å²) in [6.45, 7) is 1.77. The molecule has 1 spiro atoms. The van der Waals surface area contributed by atoms with Gasteiger partial charge in [0.15, 0.2) is 0 Å². The van der Waals surface area contributed by atoms with Crippen molar-refractivity contribution in [2.45, 2.75) is 18.9 Å². The SMILES string of the molecule is CC=C1CC2(OC1=O)C(=O)Nc1ccccc12. The number of amides is 1. The van der Waals surface area contributed by atoms with Gasteiger partial charge in [0.25, 0.3) is 5.91 Å². The lowest BCUT2D eigenvalue weighted by Crippen LogP contribution is -2.33. The summed E-state index contributed by atoms with van der Waals surface area (Å²) >= 11 is 0. The summed E-state index contributed by atoms with van der Waals surface area (Å²) in [6.07, 6.45) is 2.01. The molecule has 4 nitrogen and oxygen atoms in total. The monoisotopic (exact) mass is 229 g/mol. The second kappa shape index (κ2) is 3.20. The number of carbonyl (C=O) groups is 2. The van der Waals surface area contributed by atoms with Crippen LogP contribution >= 0.6 is 0 Å². The Hall–Kier alpha value is -2.10. The number of carbonyl (C=O) groups excluding carboxylic acids is 2. The fourth-order valence-corrected chi connectivity index (χ4v) is 2.39. The topological polar surface area (TPSA) is 55.4 Å². The zero-order valence-electron chi connectivity index (χ0n) is 9.32. The molecule has 1 saturated heterocycles. The van der Waals surface area contributed by atoms with Crippen molar-refractivity contribution < 1.29 is 14.3 Å². The highest BCUT2D eigenvalue weighted by molar-refractivity contribution is 6.09. The van der Waals surface area contributed by atoms with Crippen LogP contribution in [0.25, 0.3) is 0 Å². The third-order valence-corrected chi connectivity index (χ3v) is 3.29. The van der Waals surface area contributed by atoms with Crippen molar-refractivity contribution in [3.05, 3.63) is 41.5 Å². The zero-order valence-corrected chi connectivity index (χ0v) is 9.32. The average molecular weight is 229 g/mol. The van der Waals surface area contributed by atoms with Gasteiger partial charge in [0.05, 0.1) is 0 Å². The van der Waals surface area contributed by atoms with Gasteiger partial charge < -0.3 is 10.1 Å². The number of rotatable bonds is 0. The Morgan fingerprint density at radius 2 is 2.12 bits per heavy atom. The number of allylic oxidation sites excluding steroid dienone is 1. The minimum absolute atomic E-state index is 0.260. The Morgan fingerprint density at radius 1 is 1.35 bits per heavy atom. The van der Waals surface area contributed by atoms with Gasteiger partial charge in [-0.05, 0) is 13.0 Å². The lowest BCUT2D eigenvalue weighted by molar-refractivity contribution is -0.155. The number of ether oxygens (including phenoxy) is 1. The minimum atomic E-state index is -1.14. The molecule has 1 aromatic rings. The maximum absolute atomic E-state index is 12.0. The van der Waals surface area contributed by atoms with E-state index in [0.29, 0.717) is 12.0 Å². The third-order valence-electron chi connectivity index (χ3n) is 3.29. The van der Waals surface area contributed by atoms with E-state index in [-0.39, 0.29) is 5.91 Å². The number of fused-ring (bicyclic) bond motifs is 2. The smallest absolute Gasteiger partial charge is 0.335 e. The van der Waals surface area contributed by atoms with Gasteiger partial charge in [0, 0.05) is 23.2 Å². The lowest BCUT2D eigenvalue weighted by atomic mass is 9.90. The average Bonchev–Trinajstić information content (AvgIpc) is 2.80. The molecule has 3 rings (SSSR count). The van der Waals surface area contributed by atoms with Crippen molar-refractivity contribution in [2.24, 2.45) is 0 Å². The number of esters is 1. The first-order valence-corrected chi connectivity index (χ1v) is 5.47. The van der Waals surface area contributed by atoms with Crippen LogP contribution in [-0.4, -0.2) is 11.9 Å². The van der Waals surface area contributed by atoms with Crippen molar-refractivity contribution in [1.82, 2.24) is 0 Å². The maximum atomic E-state index is 12.0. The predicted octanol–water partition coefficient (Wildman–Crippen LogP) is 1.73. The van der Waals surface area contributed by atoms with E-state index in [1.165, 1.54) is 0 Å². The van der Waals surface area contributed by atoms with Crippen molar-refractivity contribution >= 4 is 17.6 Å². The molecule has 2 aliphatic rings. The Labute approximate surface area is 98.3 Å². The molecule has 0 aromatic heterocycles. The number of nitrogens with one attached hydrogen (secondary N) is 1. The Kier molecular flexibility index (Phi) is 1.90. The van der Waals surface area contributed by atoms with Crippen molar-refractivity contribution in [1.29, 1.82) is 0 Å². The standard InChI is InChI=1S/C13H11NO3/c1-2-8-7-13(17-11(8)15)9-5-3-4-6-10(9)14-12(13)16/h2-6H,7H2,1H3,(H,14,16). The predicted molar refractivity (Wildman–Crippen MR) is 61.2 cm³/mol. The normalized spacial score (nSPS) is 28.4. The molecule has 0 saturated carbocycles. The van der Waals surface area contributed by atoms with E-state index in [2.05, 4.69) is 5.32 Å². The van der Waals surface area contributed by atoms with E-state index in [4.69, 9.17) is 4.74 Å². The number of anilines is 1. The fraction of sp³-hybridized carbons (Fsp3) is 0.231. The fourth-order valence-electron chi connectivity index (χ4n) is 2.39. The van der Waals surface area contributed by atoms with Gasteiger partial charge >= 0.3 is 5.97 Å². The molecule has 1 unspecified atom stereocenters. The van der Waals surface area contributed by atoms with E-state index in [0.717, 1.165) is 11.3 Å². The Balaban J connectivity index is 2.16. The summed E-state index contributed by atoms with van der Waals surface area (Å²) in [5.41, 5.74) is 0.880. The summed E-state index contributed by atoms with van der Waals surface area (Å²) < 4.78 is 5.33.